The van der Waals surface area contributed by atoms with Crippen molar-refractivity contribution in [2.45, 2.75) is 44.2 Å². The number of amides is 1. The van der Waals surface area contributed by atoms with E-state index in [1.54, 1.807) is 12.3 Å². The number of fused-ring (bicyclic) bond motifs is 1. The summed E-state index contributed by atoms with van der Waals surface area (Å²) in [5.74, 6) is -0.00185. The molecule has 0 spiro atoms. The Bertz CT molecular complexity index is 791. The maximum absolute atomic E-state index is 13.3. The molecule has 1 aromatic carbocycles. The van der Waals surface area contributed by atoms with Crippen molar-refractivity contribution in [1.82, 2.24) is 9.88 Å². The molecule has 2 aromatic rings. The molecule has 0 aliphatic heterocycles. The zero-order valence-corrected chi connectivity index (χ0v) is 15.6. The van der Waals surface area contributed by atoms with Crippen LogP contribution in [0.2, 0.25) is 5.15 Å². The van der Waals surface area contributed by atoms with Crippen LogP contribution < -0.4 is 0 Å². The summed E-state index contributed by atoms with van der Waals surface area (Å²) in [5.41, 5.74) is 3.15. The molecule has 1 aromatic heterocycles. The zero-order chi connectivity index (χ0) is 16.7. The van der Waals surface area contributed by atoms with Gasteiger partial charge in [0, 0.05) is 16.7 Å². The van der Waals surface area contributed by atoms with Gasteiger partial charge in [-0.05, 0) is 65.2 Å². The Morgan fingerprint density at radius 1 is 1.25 bits per heavy atom. The van der Waals surface area contributed by atoms with Crippen LogP contribution in [0.4, 0.5) is 0 Å². The molecule has 2 aliphatic carbocycles. The molecule has 1 saturated carbocycles. The van der Waals surface area contributed by atoms with E-state index in [1.165, 1.54) is 11.1 Å². The monoisotopic (exact) mass is 404 g/mol. The minimum atomic E-state index is -0.00185. The van der Waals surface area contributed by atoms with Crippen molar-refractivity contribution in [3.8, 4) is 0 Å². The van der Waals surface area contributed by atoms with Gasteiger partial charge in [-0.2, -0.15) is 0 Å². The number of pyridine rings is 1. The predicted molar refractivity (Wildman–Crippen MR) is 98.3 cm³/mol. The minimum absolute atomic E-state index is 0.00185. The summed E-state index contributed by atoms with van der Waals surface area (Å²) < 4.78 is 0.773. The molecule has 4 rings (SSSR count). The van der Waals surface area contributed by atoms with Gasteiger partial charge >= 0.3 is 0 Å². The largest absolute Gasteiger partial charge is 0.329 e. The first kappa shape index (κ1) is 16.1. The number of halogens is 2. The van der Waals surface area contributed by atoms with Crippen molar-refractivity contribution in [2.24, 2.45) is 0 Å². The van der Waals surface area contributed by atoms with Crippen molar-refractivity contribution in [1.29, 1.82) is 0 Å². The molecule has 0 radical (unpaired) electrons. The van der Waals surface area contributed by atoms with Gasteiger partial charge in [0.2, 0.25) is 0 Å². The van der Waals surface area contributed by atoms with Gasteiger partial charge in [0.25, 0.3) is 5.91 Å². The smallest absolute Gasteiger partial charge is 0.257 e. The van der Waals surface area contributed by atoms with Crippen LogP contribution in [-0.4, -0.2) is 21.8 Å². The average Bonchev–Trinajstić information content (AvgIpc) is 3.42. The van der Waals surface area contributed by atoms with Crippen LogP contribution in [0.5, 0.6) is 0 Å². The number of carbonyl (C=O) groups is 1. The molecular weight excluding hydrogens is 388 g/mol. The Labute approximate surface area is 155 Å². The van der Waals surface area contributed by atoms with Crippen LogP contribution in [0.25, 0.3) is 0 Å². The van der Waals surface area contributed by atoms with E-state index in [9.17, 15) is 4.79 Å². The van der Waals surface area contributed by atoms with Crippen LogP contribution in [0.3, 0.4) is 0 Å². The Balaban J connectivity index is 1.74. The van der Waals surface area contributed by atoms with E-state index in [1.807, 2.05) is 0 Å². The molecule has 1 atom stereocenters. The van der Waals surface area contributed by atoms with Gasteiger partial charge < -0.3 is 4.90 Å². The molecule has 2 aliphatic rings. The number of aryl methyl sites for hydroxylation is 1. The molecular formula is C19H18BrClN2O. The summed E-state index contributed by atoms with van der Waals surface area (Å²) in [6.07, 6.45) is 6.99. The van der Waals surface area contributed by atoms with Gasteiger partial charge in [-0.3, -0.25) is 4.79 Å². The van der Waals surface area contributed by atoms with E-state index in [0.29, 0.717) is 11.6 Å². The van der Waals surface area contributed by atoms with E-state index in [4.69, 9.17) is 11.6 Å². The van der Waals surface area contributed by atoms with Gasteiger partial charge in [-0.25, -0.2) is 4.98 Å². The minimum Gasteiger partial charge on any atom is -0.329 e. The lowest BCUT2D eigenvalue weighted by Crippen LogP contribution is -2.38. The molecule has 24 heavy (non-hydrogen) atoms. The lowest BCUT2D eigenvalue weighted by atomic mass is 9.86. The van der Waals surface area contributed by atoms with E-state index < -0.39 is 0 Å². The van der Waals surface area contributed by atoms with E-state index in [-0.39, 0.29) is 17.1 Å². The Kier molecular flexibility index (Phi) is 4.35. The second-order valence-electron chi connectivity index (χ2n) is 6.54. The van der Waals surface area contributed by atoms with Crippen LogP contribution >= 0.6 is 27.5 Å². The highest BCUT2D eigenvalue weighted by Crippen LogP contribution is 2.42. The highest BCUT2D eigenvalue weighted by molar-refractivity contribution is 9.10. The lowest BCUT2D eigenvalue weighted by Gasteiger charge is -2.36. The summed E-state index contributed by atoms with van der Waals surface area (Å²) in [7, 11) is 0. The maximum atomic E-state index is 13.3. The Morgan fingerprint density at radius 2 is 2.04 bits per heavy atom. The van der Waals surface area contributed by atoms with Crippen LogP contribution in [0, 0.1) is 0 Å². The number of nitrogens with zero attached hydrogens (tertiary/aromatic N) is 2. The third-order valence-corrected chi connectivity index (χ3v) is 5.62. The quantitative estimate of drug-likeness (QED) is 0.659. The summed E-state index contributed by atoms with van der Waals surface area (Å²) in [4.78, 5) is 19.5. The van der Waals surface area contributed by atoms with E-state index in [0.717, 1.165) is 36.6 Å². The van der Waals surface area contributed by atoms with Crippen LogP contribution in [0.1, 0.15) is 53.2 Å². The summed E-state index contributed by atoms with van der Waals surface area (Å²) in [6.45, 7) is 0. The van der Waals surface area contributed by atoms with Gasteiger partial charge in [-0.1, -0.05) is 35.9 Å². The molecule has 3 nitrogen and oxygen atoms in total. The first-order valence-corrected chi connectivity index (χ1v) is 9.54. The van der Waals surface area contributed by atoms with Crippen molar-refractivity contribution < 1.29 is 4.79 Å². The van der Waals surface area contributed by atoms with Gasteiger partial charge in [-0.15, -0.1) is 0 Å². The number of carbonyl (C=O) groups excluding carboxylic acids is 1. The lowest BCUT2D eigenvalue weighted by molar-refractivity contribution is 0.0637. The third kappa shape index (κ3) is 2.98. The Morgan fingerprint density at radius 3 is 2.83 bits per heavy atom. The topological polar surface area (TPSA) is 33.2 Å². The highest BCUT2D eigenvalue weighted by atomic mass is 79.9. The van der Waals surface area contributed by atoms with Crippen LogP contribution in [-0.2, 0) is 6.42 Å². The SMILES string of the molecule is O=C(c1cc(Br)cnc1Cl)N(C1CC1)C1CCCc2ccccc21. The van der Waals surface area contributed by atoms with E-state index >= 15 is 0 Å². The third-order valence-electron chi connectivity index (χ3n) is 4.88. The summed E-state index contributed by atoms with van der Waals surface area (Å²) in [6, 6.07) is 10.8. The highest BCUT2D eigenvalue weighted by Gasteiger charge is 2.40. The average molecular weight is 406 g/mol. The fourth-order valence-electron chi connectivity index (χ4n) is 3.64. The molecule has 0 N–H and O–H groups in total. The van der Waals surface area contributed by atoms with Gasteiger partial charge in [0.15, 0.2) is 0 Å². The predicted octanol–water partition coefficient (Wildman–Crippen LogP) is 5.18. The maximum Gasteiger partial charge on any atom is 0.257 e. The molecule has 1 amide bonds. The van der Waals surface area contributed by atoms with Gasteiger partial charge in [0.1, 0.15) is 5.15 Å². The molecule has 0 bridgehead atoms. The van der Waals surface area contributed by atoms with Gasteiger partial charge in [0.05, 0.1) is 11.6 Å². The molecule has 1 unspecified atom stereocenters. The van der Waals surface area contributed by atoms with Crippen molar-refractivity contribution in [2.75, 3.05) is 0 Å². The second-order valence-corrected chi connectivity index (χ2v) is 7.82. The number of hydrogen-bond acceptors (Lipinski definition) is 2. The van der Waals surface area contributed by atoms with Crippen molar-refractivity contribution >= 4 is 33.4 Å². The first-order chi connectivity index (χ1) is 11.6. The number of benzene rings is 1. The summed E-state index contributed by atoms with van der Waals surface area (Å²) in [5, 5.41) is 0.276. The van der Waals surface area contributed by atoms with Crippen molar-refractivity contribution in [3.63, 3.8) is 0 Å². The number of rotatable bonds is 3. The second kappa shape index (κ2) is 6.49. The summed E-state index contributed by atoms with van der Waals surface area (Å²) >= 11 is 9.62. The fourth-order valence-corrected chi connectivity index (χ4v) is 4.16. The first-order valence-electron chi connectivity index (χ1n) is 8.36. The molecule has 5 heteroatoms. The molecule has 0 saturated heterocycles. The molecule has 1 heterocycles. The van der Waals surface area contributed by atoms with Crippen molar-refractivity contribution in [3.05, 3.63) is 62.8 Å². The molecule has 124 valence electrons. The number of hydrogen-bond donors (Lipinski definition) is 0. The fraction of sp³-hybridized carbons (Fsp3) is 0.368. The van der Waals surface area contributed by atoms with Crippen LogP contribution in [0.15, 0.2) is 41.0 Å². The number of aromatic nitrogens is 1. The Hall–Kier alpha value is -1.39. The molecule has 1 fully saturated rings. The normalized spacial score (nSPS) is 19.7. The standard InChI is InChI=1S/C19H18BrClN2O/c20-13-10-16(18(21)22-11-13)19(24)23(14-8-9-14)17-7-3-5-12-4-1-2-6-15(12)17/h1-2,4,6,10-11,14,17H,3,5,7-9H2. The van der Waals surface area contributed by atoms with E-state index in [2.05, 4.69) is 50.1 Å². The zero-order valence-electron chi connectivity index (χ0n) is 13.2.